The molecule has 0 aromatic heterocycles. The van der Waals surface area contributed by atoms with Gasteiger partial charge in [-0.1, -0.05) is 0 Å². The lowest BCUT2D eigenvalue weighted by atomic mass is 10.4. The molecule has 72 valence electrons. The van der Waals surface area contributed by atoms with E-state index in [2.05, 4.69) is 9.08 Å². The molecule has 1 aliphatic heterocycles. The van der Waals surface area contributed by atoms with Crippen molar-refractivity contribution in [2.24, 2.45) is 0 Å². The Kier molecular flexibility index (Phi) is 4.75. The number of rotatable bonds is 5. The van der Waals surface area contributed by atoms with Gasteiger partial charge in [0, 0.05) is 6.54 Å². The van der Waals surface area contributed by atoms with Crippen molar-refractivity contribution in [3.8, 4) is 0 Å². The van der Waals surface area contributed by atoms with Crippen molar-refractivity contribution in [2.45, 2.75) is 19.3 Å². The van der Waals surface area contributed by atoms with Crippen LogP contribution in [0.1, 0.15) is 19.3 Å². The summed E-state index contributed by atoms with van der Waals surface area (Å²) in [6.45, 7) is 3.57. The van der Waals surface area contributed by atoms with Crippen LogP contribution in [-0.2, 0) is 15.5 Å². The zero-order valence-corrected chi connectivity index (χ0v) is 7.85. The van der Waals surface area contributed by atoms with Crippen molar-refractivity contribution in [3.63, 3.8) is 0 Å². The smallest absolute Gasteiger partial charge is 0.0842 e. The van der Waals surface area contributed by atoms with E-state index in [-0.39, 0.29) is 0 Å². The summed E-state index contributed by atoms with van der Waals surface area (Å²) < 4.78 is 24.3. The molecule has 1 unspecified atom stereocenters. The second-order valence-corrected chi connectivity index (χ2v) is 3.57. The fraction of sp³-hybridized carbons (Fsp3) is 1.00. The minimum atomic E-state index is -2.34. The first-order chi connectivity index (χ1) is 5.79. The lowest BCUT2D eigenvalue weighted by Crippen LogP contribution is -2.21. The Morgan fingerprint density at radius 2 is 2.08 bits per heavy atom. The molecule has 0 aliphatic carbocycles. The van der Waals surface area contributed by atoms with Crippen LogP contribution < -0.4 is 0 Å². The lowest BCUT2D eigenvalue weighted by Gasteiger charge is -2.14. The fourth-order valence-corrected chi connectivity index (χ4v) is 1.68. The minimum Gasteiger partial charge on any atom is -0.750 e. The van der Waals surface area contributed by atoms with Crippen LogP contribution in [0, 0.1) is 0 Å². The molecule has 0 amide bonds. The van der Waals surface area contributed by atoms with Gasteiger partial charge in [-0.25, -0.2) is 4.21 Å². The van der Waals surface area contributed by atoms with Gasteiger partial charge in [0.2, 0.25) is 0 Å². The molecule has 5 heteroatoms. The van der Waals surface area contributed by atoms with Crippen LogP contribution in [0.4, 0.5) is 0 Å². The topological polar surface area (TPSA) is 52.6 Å². The number of hydrogen-bond donors (Lipinski definition) is 0. The van der Waals surface area contributed by atoms with Gasteiger partial charge >= 0.3 is 0 Å². The molecule has 0 spiro atoms. The standard InChI is InChI=1S/C7H15NO3S/c9-12(10)11-7-3-6-8-4-1-2-5-8/h1-7H2,(H,9,10)/p-1. The summed E-state index contributed by atoms with van der Waals surface area (Å²) in [6.07, 6.45) is 3.34. The molecule has 1 rings (SSSR count). The van der Waals surface area contributed by atoms with Crippen LogP contribution in [0.5, 0.6) is 0 Å². The molecule has 1 heterocycles. The molecule has 1 aliphatic rings. The summed E-state index contributed by atoms with van der Waals surface area (Å²) in [5.41, 5.74) is 0. The van der Waals surface area contributed by atoms with Crippen LogP contribution in [0.15, 0.2) is 0 Å². The van der Waals surface area contributed by atoms with E-state index in [1.54, 1.807) is 0 Å². The highest BCUT2D eigenvalue weighted by Gasteiger charge is 2.09. The van der Waals surface area contributed by atoms with Crippen molar-refractivity contribution in [2.75, 3.05) is 26.2 Å². The number of hydrogen-bond acceptors (Lipinski definition) is 4. The first-order valence-electron chi connectivity index (χ1n) is 4.24. The van der Waals surface area contributed by atoms with Crippen LogP contribution >= 0.6 is 0 Å². The molecule has 1 atom stereocenters. The highest BCUT2D eigenvalue weighted by atomic mass is 32.2. The monoisotopic (exact) mass is 192 g/mol. The molecule has 0 aromatic carbocycles. The summed E-state index contributed by atoms with van der Waals surface area (Å²) in [5.74, 6) is 0. The Bertz CT molecular complexity index is 148. The summed E-state index contributed by atoms with van der Waals surface area (Å²) in [4.78, 5) is 2.33. The van der Waals surface area contributed by atoms with Crippen LogP contribution in [-0.4, -0.2) is 39.9 Å². The Morgan fingerprint density at radius 3 is 2.67 bits per heavy atom. The van der Waals surface area contributed by atoms with Gasteiger partial charge in [-0.15, -0.1) is 0 Å². The van der Waals surface area contributed by atoms with Crippen LogP contribution in [0.25, 0.3) is 0 Å². The average molecular weight is 192 g/mol. The molecular formula is C7H14NO3S-. The molecule has 0 radical (unpaired) electrons. The van der Waals surface area contributed by atoms with Gasteiger partial charge in [-0.05, 0) is 32.4 Å². The van der Waals surface area contributed by atoms with E-state index in [9.17, 15) is 8.76 Å². The molecule has 0 aromatic rings. The van der Waals surface area contributed by atoms with E-state index in [4.69, 9.17) is 0 Å². The maximum absolute atomic E-state index is 9.96. The third-order valence-corrected chi connectivity index (χ3v) is 2.36. The third kappa shape index (κ3) is 4.15. The van der Waals surface area contributed by atoms with Crippen molar-refractivity contribution >= 4 is 11.4 Å². The van der Waals surface area contributed by atoms with Crippen molar-refractivity contribution < 1.29 is 12.9 Å². The normalized spacial score (nSPS) is 21.4. The summed E-state index contributed by atoms with van der Waals surface area (Å²) in [6, 6.07) is 0. The zero-order chi connectivity index (χ0) is 8.81. The molecule has 0 saturated carbocycles. The van der Waals surface area contributed by atoms with Crippen molar-refractivity contribution in [1.29, 1.82) is 0 Å². The van der Waals surface area contributed by atoms with Gasteiger partial charge < -0.3 is 13.6 Å². The molecule has 12 heavy (non-hydrogen) atoms. The second-order valence-electron chi connectivity index (χ2n) is 2.93. The van der Waals surface area contributed by atoms with E-state index >= 15 is 0 Å². The third-order valence-electron chi connectivity index (χ3n) is 2.00. The Hall–Kier alpha value is 0.0300. The SMILES string of the molecule is O=S([O-])OCCCN1CCCC1. The summed E-state index contributed by atoms with van der Waals surface area (Å²) in [5, 5.41) is 0. The van der Waals surface area contributed by atoms with Gasteiger partial charge in [0.1, 0.15) is 0 Å². The Balaban J connectivity index is 1.91. The first-order valence-corrected chi connectivity index (χ1v) is 5.24. The van der Waals surface area contributed by atoms with Gasteiger partial charge in [-0.2, -0.15) is 0 Å². The van der Waals surface area contributed by atoms with E-state index in [0.717, 1.165) is 26.1 Å². The average Bonchev–Trinajstić information content (AvgIpc) is 2.49. The Morgan fingerprint density at radius 1 is 1.42 bits per heavy atom. The molecular weight excluding hydrogens is 178 g/mol. The van der Waals surface area contributed by atoms with E-state index in [1.165, 1.54) is 12.8 Å². The fourth-order valence-electron chi connectivity index (χ4n) is 1.42. The predicted molar refractivity (Wildman–Crippen MR) is 45.2 cm³/mol. The molecule has 4 nitrogen and oxygen atoms in total. The highest BCUT2D eigenvalue weighted by molar-refractivity contribution is 7.74. The van der Waals surface area contributed by atoms with Gasteiger partial charge in [-0.3, -0.25) is 0 Å². The van der Waals surface area contributed by atoms with Gasteiger partial charge in [0.25, 0.3) is 0 Å². The van der Waals surface area contributed by atoms with Gasteiger partial charge in [0.15, 0.2) is 0 Å². The molecule has 1 fully saturated rings. The number of nitrogens with zero attached hydrogens (tertiary/aromatic N) is 1. The largest absolute Gasteiger partial charge is 0.750 e. The second kappa shape index (κ2) is 5.64. The maximum Gasteiger partial charge on any atom is 0.0842 e. The Labute approximate surface area is 75.4 Å². The first kappa shape index (κ1) is 10.1. The molecule has 0 bridgehead atoms. The van der Waals surface area contributed by atoms with Crippen LogP contribution in [0.2, 0.25) is 0 Å². The van der Waals surface area contributed by atoms with E-state index < -0.39 is 11.4 Å². The van der Waals surface area contributed by atoms with Gasteiger partial charge in [0.05, 0.1) is 18.0 Å². The van der Waals surface area contributed by atoms with Crippen molar-refractivity contribution in [1.82, 2.24) is 4.90 Å². The maximum atomic E-state index is 9.96. The van der Waals surface area contributed by atoms with Crippen LogP contribution in [0.3, 0.4) is 0 Å². The highest BCUT2D eigenvalue weighted by Crippen LogP contribution is 2.07. The summed E-state index contributed by atoms with van der Waals surface area (Å²) >= 11 is -2.34. The predicted octanol–water partition coefficient (Wildman–Crippen LogP) is 0.283. The lowest BCUT2D eigenvalue weighted by molar-refractivity contribution is 0.258. The van der Waals surface area contributed by atoms with Crippen molar-refractivity contribution in [3.05, 3.63) is 0 Å². The quantitative estimate of drug-likeness (QED) is 0.464. The summed E-state index contributed by atoms with van der Waals surface area (Å²) in [7, 11) is 0. The molecule has 0 N–H and O–H groups in total. The van der Waals surface area contributed by atoms with E-state index in [0.29, 0.717) is 6.61 Å². The minimum absolute atomic E-state index is 0.312. The van der Waals surface area contributed by atoms with E-state index in [1.807, 2.05) is 0 Å². The number of likely N-dealkylation sites (tertiary alicyclic amines) is 1. The molecule has 1 saturated heterocycles. The zero-order valence-electron chi connectivity index (χ0n) is 7.03.